The zero-order valence-electron chi connectivity index (χ0n) is 13.4. The first-order valence-corrected chi connectivity index (χ1v) is 7.79. The number of nitriles is 1. The molecule has 5 heteroatoms. The molecule has 0 fully saturated rings. The van der Waals surface area contributed by atoms with Crippen LogP contribution in [0.4, 0.5) is 11.4 Å². The minimum atomic E-state index is -0.429. The highest BCUT2D eigenvalue weighted by Gasteiger charge is 2.11. The van der Waals surface area contributed by atoms with Gasteiger partial charge in [-0.15, -0.1) is 0 Å². The predicted octanol–water partition coefficient (Wildman–Crippen LogP) is 3.61. The van der Waals surface area contributed by atoms with Crippen LogP contribution >= 0.6 is 0 Å². The van der Waals surface area contributed by atoms with Gasteiger partial charge in [0, 0.05) is 23.7 Å². The fraction of sp³-hybridized carbons (Fsp3) is 0.0500. The molecule has 0 unspecified atom stereocenters. The molecule has 122 valence electrons. The molecule has 25 heavy (non-hydrogen) atoms. The van der Waals surface area contributed by atoms with E-state index in [-0.39, 0.29) is 5.56 Å². The summed E-state index contributed by atoms with van der Waals surface area (Å²) in [4.78, 5) is 19.0. The van der Waals surface area contributed by atoms with E-state index in [9.17, 15) is 10.1 Å². The summed E-state index contributed by atoms with van der Waals surface area (Å²) in [6, 6.07) is 21.2. The predicted molar refractivity (Wildman–Crippen MR) is 99.2 cm³/mol. The molecule has 0 spiro atoms. The van der Waals surface area contributed by atoms with Crippen LogP contribution in [0.15, 0.2) is 76.6 Å². The van der Waals surface area contributed by atoms with Crippen LogP contribution in [0.25, 0.3) is 0 Å². The molecule has 0 aliphatic carbocycles. The number of hydrogen-bond acceptors (Lipinski definition) is 4. The van der Waals surface area contributed by atoms with Crippen LogP contribution < -0.4 is 10.9 Å². The van der Waals surface area contributed by atoms with Crippen LogP contribution in [0.5, 0.6) is 0 Å². The smallest absolute Gasteiger partial charge is 0.268 e. The van der Waals surface area contributed by atoms with Gasteiger partial charge in [-0.25, -0.2) is 0 Å². The average Bonchev–Trinajstić information content (AvgIpc) is 2.65. The maximum absolute atomic E-state index is 11.9. The van der Waals surface area contributed by atoms with E-state index in [1.54, 1.807) is 12.4 Å². The second kappa shape index (κ2) is 7.75. The van der Waals surface area contributed by atoms with Crippen molar-refractivity contribution in [1.82, 2.24) is 4.98 Å². The molecule has 3 rings (SSSR count). The average molecular weight is 328 g/mol. The molecule has 0 aliphatic rings. The van der Waals surface area contributed by atoms with Crippen molar-refractivity contribution in [3.63, 3.8) is 0 Å². The van der Waals surface area contributed by atoms with E-state index in [1.165, 1.54) is 0 Å². The van der Waals surface area contributed by atoms with E-state index in [0.29, 0.717) is 17.8 Å². The summed E-state index contributed by atoms with van der Waals surface area (Å²) >= 11 is 0. The van der Waals surface area contributed by atoms with Crippen molar-refractivity contribution >= 4 is 17.6 Å². The number of anilines is 2. The summed E-state index contributed by atoms with van der Waals surface area (Å²) in [6.07, 6.45) is 3.22. The largest absolute Gasteiger partial charge is 0.354 e. The van der Waals surface area contributed by atoms with Gasteiger partial charge < -0.3 is 10.3 Å². The number of pyridine rings is 1. The van der Waals surface area contributed by atoms with Gasteiger partial charge in [-0.1, -0.05) is 48.5 Å². The van der Waals surface area contributed by atoms with Gasteiger partial charge >= 0.3 is 0 Å². The molecular formula is C20H16N4O. The molecule has 5 nitrogen and oxygen atoms in total. The van der Waals surface area contributed by atoms with E-state index in [1.807, 2.05) is 66.7 Å². The van der Waals surface area contributed by atoms with Gasteiger partial charge in [-0.2, -0.15) is 5.26 Å². The second-order valence-electron chi connectivity index (χ2n) is 5.38. The van der Waals surface area contributed by atoms with Crippen molar-refractivity contribution in [2.45, 2.75) is 6.54 Å². The molecule has 1 aromatic heterocycles. The number of aromatic amines is 1. The molecule has 0 amide bonds. The van der Waals surface area contributed by atoms with Crippen LogP contribution in [0, 0.1) is 11.3 Å². The lowest BCUT2D eigenvalue weighted by atomic mass is 10.1. The van der Waals surface area contributed by atoms with Gasteiger partial charge in [0.05, 0.1) is 12.2 Å². The van der Waals surface area contributed by atoms with Crippen molar-refractivity contribution in [2.24, 2.45) is 4.99 Å². The Balaban J connectivity index is 1.93. The zero-order valence-corrected chi connectivity index (χ0v) is 13.4. The summed E-state index contributed by atoms with van der Waals surface area (Å²) in [5.41, 5.74) is 2.59. The molecule has 3 aromatic rings. The standard InChI is InChI=1S/C20H16N4O/c21-11-18-19(24-17-9-5-2-6-10-17)16(14-23-20(18)25)13-22-12-15-7-3-1-4-8-15/h1-10,13-14H,12H2,(H2,23,24,25). The van der Waals surface area contributed by atoms with Gasteiger partial charge in [-0.3, -0.25) is 9.79 Å². The minimum Gasteiger partial charge on any atom is -0.354 e. The van der Waals surface area contributed by atoms with Gasteiger partial charge in [0.1, 0.15) is 11.6 Å². The van der Waals surface area contributed by atoms with Crippen molar-refractivity contribution in [1.29, 1.82) is 5.26 Å². The number of rotatable bonds is 5. The molecule has 0 saturated carbocycles. The molecule has 0 bridgehead atoms. The van der Waals surface area contributed by atoms with Gasteiger partial charge in [0.2, 0.25) is 0 Å². The van der Waals surface area contributed by atoms with Gasteiger partial charge in [0.15, 0.2) is 0 Å². The molecule has 2 N–H and O–H groups in total. The third kappa shape index (κ3) is 4.01. The number of nitrogens with zero attached hydrogens (tertiary/aromatic N) is 2. The van der Waals surface area contributed by atoms with Crippen molar-refractivity contribution < 1.29 is 0 Å². The molecule has 0 atom stereocenters. The molecule has 2 aromatic carbocycles. The van der Waals surface area contributed by atoms with Crippen LogP contribution in [0.3, 0.4) is 0 Å². The Kier molecular flexibility index (Phi) is 5.03. The van der Waals surface area contributed by atoms with E-state index in [0.717, 1.165) is 11.3 Å². The zero-order chi connectivity index (χ0) is 17.5. The Morgan fingerprint density at radius 2 is 1.76 bits per heavy atom. The van der Waals surface area contributed by atoms with Crippen molar-refractivity contribution in [3.8, 4) is 6.07 Å². The third-order valence-corrected chi connectivity index (χ3v) is 3.63. The van der Waals surface area contributed by atoms with Crippen LogP contribution in [-0.4, -0.2) is 11.2 Å². The Labute approximate surface area is 145 Å². The first-order chi connectivity index (χ1) is 12.3. The second-order valence-corrected chi connectivity index (χ2v) is 5.38. The molecule has 0 radical (unpaired) electrons. The quantitative estimate of drug-likeness (QED) is 0.702. The normalized spacial score (nSPS) is 10.5. The van der Waals surface area contributed by atoms with Crippen molar-refractivity contribution in [3.05, 3.63) is 93.9 Å². The SMILES string of the molecule is N#Cc1c(Nc2ccccc2)c(C=NCc2ccccc2)c[nH]c1=O. The first kappa shape index (κ1) is 16.2. The Morgan fingerprint density at radius 3 is 2.44 bits per heavy atom. The maximum atomic E-state index is 11.9. The van der Waals surface area contributed by atoms with E-state index >= 15 is 0 Å². The number of nitrogens with one attached hydrogen (secondary N) is 2. The third-order valence-electron chi connectivity index (χ3n) is 3.63. The van der Waals surface area contributed by atoms with E-state index in [4.69, 9.17) is 0 Å². The Bertz CT molecular complexity index is 970. The summed E-state index contributed by atoms with van der Waals surface area (Å²) in [7, 11) is 0. The van der Waals surface area contributed by atoms with Gasteiger partial charge in [0.25, 0.3) is 5.56 Å². The number of aromatic nitrogens is 1. The fourth-order valence-electron chi connectivity index (χ4n) is 2.39. The molecular weight excluding hydrogens is 312 g/mol. The van der Waals surface area contributed by atoms with Gasteiger partial charge in [-0.05, 0) is 17.7 Å². The number of para-hydroxylation sites is 1. The van der Waals surface area contributed by atoms with E-state index < -0.39 is 5.56 Å². The lowest BCUT2D eigenvalue weighted by molar-refractivity contribution is 1.08. The minimum absolute atomic E-state index is 0.0347. The lowest BCUT2D eigenvalue weighted by Gasteiger charge is -2.10. The monoisotopic (exact) mass is 328 g/mol. The highest BCUT2D eigenvalue weighted by Crippen LogP contribution is 2.21. The number of benzene rings is 2. The van der Waals surface area contributed by atoms with Crippen LogP contribution in [0.1, 0.15) is 16.7 Å². The Hall–Kier alpha value is -3.65. The fourth-order valence-corrected chi connectivity index (χ4v) is 2.39. The topological polar surface area (TPSA) is 81.0 Å². The molecule has 1 heterocycles. The molecule has 0 aliphatic heterocycles. The first-order valence-electron chi connectivity index (χ1n) is 7.79. The summed E-state index contributed by atoms with van der Waals surface area (Å²) < 4.78 is 0. The summed E-state index contributed by atoms with van der Waals surface area (Å²) in [5.74, 6) is 0. The summed E-state index contributed by atoms with van der Waals surface area (Å²) in [5, 5.41) is 12.5. The molecule has 0 saturated heterocycles. The Morgan fingerprint density at radius 1 is 1.08 bits per heavy atom. The van der Waals surface area contributed by atoms with Crippen LogP contribution in [-0.2, 0) is 6.54 Å². The van der Waals surface area contributed by atoms with Crippen LogP contribution in [0.2, 0.25) is 0 Å². The number of hydrogen-bond donors (Lipinski definition) is 2. The highest BCUT2D eigenvalue weighted by molar-refractivity contribution is 5.90. The summed E-state index contributed by atoms with van der Waals surface area (Å²) in [6.45, 7) is 0.520. The highest BCUT2D eigenvalue weighted by atomic mass is 16.1. The van der Waals surface area contributed by atoms with E-state index in [2.05, 4.69) is 15.3 Å². The lowest BCUT2D eigenvalue weighted by Crippen LogP contribution is -2.14. The maximum Gasteiger partial charge on any atom is 0.268 e. The number of H-pyrrole nitrogens is 1. The number of aliphatic imine (C=N–C) groups is 1. The van der Waals surface area contributed by atoms with Crippen molar-refractivity contribution in [2.75, 3.05) is 5.32 Å².